The van der Waals surface area contributed by atoms with Crippen LogP contribution >= 0.6 is 23.5 Å². The molecule has 14 heteroatoms. The molecule has 2 aromatic carbocycles. The number of nitrogens with one attached hydrogen (secondary N) is 2. The predicted octanol–water partition coefficient (Wildman–Crippen LogP) is 4.47. The zero-order valence-electron chi connectivity index (χ0n) is 23.6. The second kappa shape index (κ2) is 13.1. The molecule has 3 atom stereocenters. The fraction of sp³-hybridized carbons (Fsp3) is 0.267. The highest BCUT2D eigenvalue weighted by atomic mass is 32.2. The third kappa shape index (κ3) is 6.42. The van der Waals surface area contributed by atoms with E-state index in [2.05, 4.69) is 25.5 Å². The summed E-state index contributed by atoms with van der Waals surface area (Å²) in [6, 6.07) is 17.4. The van der Waals surface area contributed by atoms with Crippen molar-refractivity contribution in [2.75, 3.05) is 37.0 Å². The predicted molar refractivity (Wildman–Crippen MR) is 174 cm³/mol. The highest BCUT2D eigenvalue weighted by Gasteiger charge is 2.41. The van der Waals surface area contributed by atoms with Crippen LogP contribution in [0.3, 0.4) is 0 Å². The van der Waals surface area contributed by atoms with Crippen LogP contribution in [0.1, 0.15) is 17.1 Å². The van der Waals surface area contributed by atoms with Crippen LogP contribution in [0.5, 0.6) is 5.75 Å². The van der Waals surface area contributed by atoms with Crippen molar-refractivity contribution < 1.29 is 19.2 Å². The number of phenolic OH excluding ortho intramolecular Hbond substituents is 1. The van der Waals surface area contributed by atoms with Crippen LogP contribution in [-0.4, -0.2) is 84.9 Å². The van der Waals surface area contributed by atoms with Crippen LogP contribution in [0.2, 0.25) is 0 Å². The van der Waals surface area contributed by atoms with E-state index in [1.54, 1.807) is 47.8 Å². The van der Waals surface area contributed by atoms with Crippen molar-refractivity contribution in [3.63, 3.8) is 0 Å². The summed E-state index contributed by atoms with van der Waals surface area (Å²) in [5.41, 5.74) is 1.48. The molecular weight excluding hydrogens is 603 g/mol. The number of benzene rings is 2. The number of fused-ring (bicyclic) bond motifs is 1. The largest absolute Gasteiger partial charge is 0.507 e. The summed E-state index contributed by atoms with van der Waals surface area (Å²) >= 11 is 3.37. The summed E-state index contributed by atoms with van der Waals surface area (Å²) in [5.74, 6) is 2.66. The average molecular weight is 632 g/mol. The Morgan fingerprint density at radius 2 is 1.93 bits per heavy atom. The Morgan fingerprint density at radius 3 is 2.75 bits per heavy atom. The summed E-state index contributed by atoms with van der Waals surface area (Å²) in [7, 11) is 1.97. The minimum absolute atomic E-state index is 0.0290. The molecule has 2 aliphatic rings. The van der Waals surface area contributed by atoms with Gasteiger partial charge in [-0.1, -0.05) is 24.3 Å². The third-order valence-corrected chi connectivity index (χ3v) is 9.89. The van der Waals surface area contributed by atoms with Crippen LogP contribution in [-0.2, 0) is 4.79 Å². The van der Waals surface area contributed by atoms with Gasteiger partial charge in [0.1, 0.15) is 27.3 Å². The van der Waals surface area contributed by atoms with Gasteiger partial charge in [0.2, 0.25) is 5.91 Å². The lowest BCUT2D eigenvalue weighted by molar-refractivity contribution is -0.402. The smallest absolute Gasteiger partial charge is 0.433 e. The molecule has 1 amide bonds. The number of hydrogen-bond donors (Lipinski definition) is 3. The molecule has 2 aliphatic heterocycles. The molecule has 0 aliphatic carbocycles. The molecule has 0 saturated carbocycles. The maximum absolute atomic E-state index is 13.1. The van der Waals surface area contributed by atoms with Crippen molar-refractivity contribution >= 4 is 69.2 Å². The number of carbonyl (C=O) groups is 1. The Labute approximate surface area is 261 Å². The van der Waals surface area contributed by atoms with Gasteiger partial charge >= 0.3 is 5.88 Å². The number of nitro groups is 1. The van der Waals surface area contributed by atoms with E-state index in [9.17, 15) is 20.0 Å². The van der Waals surface area contributed by atoms with Crippen molar-refractivity contribution in [2.45, 2.75) is 17.5 Å². The van der Waals surface area contributed by atoms with Crippen LogP contribution in [0.15, 0.2) is 70.1 Å². The van der Waals surface area contributed by atoms with Crippen molar-refractivity contribution in [1.82, 2.24) is 20.2 Å². The first kappa shape index (κ1) is 29.7. The normalized spacial score (nSPS) is 20.3. The highest BCUT2D eigenvalue weighted by molar-refractivity contribution is 8.14. The van der Waals surface area contributed by atoms with Crippen LogP contribution in [0, 0.1) is 10.1 Å². The van der Waals surface area contributed by atoms with Crippen molar-refractivity contribution in [2.24, 2.45) is 4.99 Å². The molecule has 0 spiro atoms. The van der Waals surface area contributed by atoms with Crippen LogP contribution < -0.4 is 10.6 Å². The van der Waals surface area contributed by atoms with Gasteiger partial charge in [-0.3, -0.25) is 24.8 Å². The number of aromatic hydroxyl groups is 1. The first-order valence-corrected chi connectivity index (χ1v) is 15.9. The zero-order valence-corrected chi connectivity index (χ0v) is 25.3. The fourth-order valence-corrected chi connectivity index (χ4v) is 7.83. The highest BCUT2D eigenvalue weighted by Crippen LogP contribution is 2.37. The molecule has 0 bridgehead atoms. The minimum atomic E-state index is -0.593. The Morgan fingerprint density at radius 1 is 1.11 bits per heavy atom. The first-order valence-electron chi connectivity index (χ1n) is 13.9. The van der Waals surface area contributed by atoms with Gasteiger partial charge in [-0.25, -0.2) is 9.97 Å². The van der Waals surface area contributed by atoms with Gasteiger partial charge in [-0.15, -0.1) is 23.5 Å². The van der Waals surface area contributed by atoms with Gasteiger partial charge in [0.05, 0.1) is 29.0 Å². The number of likely N-dealkylation sites (N-methyl/N-ethyl adjacent to an activating group) is 1. The minimum Gasteiger partial charge on any atom is -0.507 e. The van der Waals surface area contributed by atoms with Crippen LogP contribution in [0.4, 0.5) is 11.7 Å². The standard InChI is InChI=1S/C30H29N7O5S2/c1-36-23(17-44-30(36)22-16-43-29(34-22)20-7-3-5-9-24(20)38)28(39)32-15-14-31-27-19-6-2-4-8-21(19)33-25(35-27)12-10-18-11-13-26(42-18)37(40)41/h2-13,22-23,30,38H,14-17H2,1H3,(H,32,39)(H,31,33,35)/b12-10+/t22-,23+,30+/m0/s1. The molecule has 44 heavy (non-hydrogen) atoms. The maximum Gasteiger partial charge on any atom is 0.433 e. The van der Waals surface area contributed by atoms with Gasteiger partial charge in [-0.05, 0) is 49.5 Å². The molecule has 3 N–H and O–H groups in total. The van der Waals surface area contributed by atoms with Crippen molar-refractivity contribution in [3.05, 3.63) is 87.9 Å². The van der Waals surface area contributed by atoms with E-state index in [4.69, 9.17) is 9.41 Å². The third-order valence-electron chi connectivity index (χ3n) is 7.28. The molecule has 0 radical (unpaired) electrons. The number of carbonyl (C=O) groups excluding carboxylic acids is 1. The molecule has 0 unspecified atom stereocenters. The van der Waals surface area contributed by atoms with E-state index in [-0.39, 0.29) is 35.0 Å². The number of anilines is 1. The Kier molecular flexibility index (Phi) is 8.82. The lowest BCUT2D eigenvalue weighted by Gasteiger charge is -2.26. The van der Waals surface area contributed by atoms with E-state index >= 15 is 0 Å². The molecule has 4 heterocycles. The van der Waals surface area contributed by atoms with Crippen molar-refractivity contribution in [1.29, 1.82) is 0 Å². The Bertz CT molecular complexity index is 1760. The lowest BCUT2D eigenvalue weighted by atomic mass is 10.2. The molecule has 12 nitrogen and oxygen atoms in total. The number of aromatic nitrogens is 2. The van der Waals surface area contributed by atoms with Gasteiger partial charge in [0.25, 0.3) is 0 Å². The Balaban J connectivity index is 1.05. The number of nitrogens with zero attached hydrogens (tertiary/aromatic N) is 5. The topological polar surface area (TPSA) is 159 Å². The maximum atomic E-state index is 13.1. The molecule has 226 valence electrons. The molecule has 6 rings (SSSR count). The molecule has 1 fully saturated rings. The van der Waals surface area contributed by atoms with Gasteiger partial charge in [-0.2, -0.15) is 0 Å². The van der Waals surface area contributed by atoms with Crippen molar-refractivity contribution in [3.8, 4) is 5.75 Å². The second-order valence-corrected chi connectivity index (χ2v) is 12.3. The summed E-state index contributed by atoms with van der Waals surface area (Å²) in [6.45, 7) is 0.841. The summed E-state index contributed by atoms with van der Waals surface area (Å²) < 4.78 is 5.18. The van der Waals surface area contributed by atoms with Gasteiger partial charge < -0.3 is 20.2 Å². The van der Waals surface area contributed by atoms with E-state index in [1.807, 2.05) is 43.4 Å². The number of amides is 1. The molecule has 2 aromatic heterocycles. The average Bonchev–Trinajstić information content (AvgIpc) is 3.78. The number of hydrogen-bond acceptors (Lipinski definition) is 12. The monoisotopic (exact) mass is 631 g/mol. The van der Waals surface area contributed by atoms with E-state index in [1.165, 1.54) is 12.1 Å². The fourth-order valence-electron chi connectivity index (χ4n) is 5.06. The summed E-state index contributed by atoms with van der Waals surface area (Å²) in [4.78, 5) is 39.6. The first-order chi connectivity index (χ1) is 21.4. The number of rotatable bonds is 10. The zero-order chi connectivity index (χ0) is 30.6. The quantitative estimate of drug-likeness (QED) is 0.129. The number of thioether (sulfide) groups is 2. The number of furan rings is 1. The van der Waals surface area contributed by atoms with E-state index in [0.717, 1.165) is 27.3 Å². The summed E-state index contributed by atoms with van der Waals surface area (Å²) in [5, 5.41) is 29.2. The van der Waals surface area contributed by atoms with E-state index < -0.39 is 4.92 Å². The number of phenols is 1. The molecular formula is C30H29N7O5S2. The van der Waals surface area contributed by atoms with E-state index in [0.29, 0.717) is 36.2 Å². The SMILES string of the molecule is CN1[C@@H](C(=O)NCCNc2nc(/C=C/c3ccc([N+](=O)[O-])o3)nc3ccccc23)CS[C@@H]1[C@@H]1CSC(c2ccccc2O)=N1. The number of aliphatic imine (C=N–C) groups is 1. The van der Waals surface area contributed by atoms with Crippen LogP contribution in [0.25, 0.3) is 23.1 Å². The number of para-hydroxylation sites is 2. The second-order valence-electron chi connectivity index (χ2n) is 10.2. The Hall–Kier alpha value is -4.40. The lowest BCUT2D eigenvalue weighted by Crippen LogP contribution is -2.48. The van der Waals surface area contributed by atoms with Gasteiger partial charge in [0, 0.05) is 35.5 Å². The molecule has 4 aromatic rings. The molecule has 1 saturated heterocycles. The van der Waals surface area contributed by atoms with Gasteiger partial charge in [0.15, 0.2) is 5.82 Å². The summed E-state index contributed by atoms with van der Waals surface area (Å²) in [6.07, 6.45) is 3.21.